The molecule has 0 radical (unpaired) electrons. The zero-order valence-corrected chi connectivity index (χ0v) is 6.52. The molecule has 1 heterocycles. The number of amides is 1. The van der Waals surface area contributed by atoms with Gasteiger partial charge in [0.05, 0.1) is 6.04 Å². The number of thioether (sulfide) groups is 1. The Morgan fingerprint density at radius 3 is 2.73 bits per heavy atom. The van der Waals surface area contributed by atoms with Crippen molar-refractivity contribution in [2.45, 2.75) is 18.9 Å². The molecule has 0 spiro atoms. The van der Waals surface area contributed by atoms with Crippen LogP contribution < -0.4 is 5.32 Å². The molecule has 1 atom stereocenters. The Kier molecular flexibility index (Phi) is 2.64. The van der Waals surface area contributed by atoms with E-state index in [9.17, 15) is 14.4 Å². The lowest BCUT2D eigenvalue weighted by molar-refractivity contribution is -0.112. The molecule has 60 valence electrons. The SMILES string of the molecule is O=CCCC1NC(=O)SC1=O. The molecule has 1 aliphatic rings. The number of hydrogen-bond acceptors (Lipinski definition) is 4. The van der Waals surface area contributed by atoms with Gasteiger partial charge in [-0.25, -0.2) is 0 Å². The third-order valence-corrected chi connectivity index (χ3v) is 2.13. The van der Waals surface area contributed by atoms with Gasteiger partial charge in [0.1, 0.15) is 6.29 Å². The van der Waals surface area contributed by atoms with Gasteiger partial charge in [0.25, 0.3) is 5.24 Å². The van der Waals surface area contributed by atoms with Crippen molar-refractivity contribution in [3.05, 3.63) is 0 Å². The van der Waals surface area contributed by atoms with Crippen molar-refractivity contribution >= 4 is 28.4 Å². The van der Waals surface area contributed by atoms with Crippen molar-refractivity contribution < 1.29 is 14.4 Å². The number of rotatable bonds is 3. The van der Waals surface area contributed by atoms with Crippen LogP contribution in [-0.4, -0.2) is 22.7 Å². The predicted molar refractivity (Wildman–Crippen MR) is 40.2 cm³/mol. The summed E-state index contributed by atoms with van der Waals surface area (Å²) in [4.78, 5) is 31.3. The van der Waals surface area contributed by atoms with Gasteiger partial charge in [0.15, 0.2) is 0 Å². The largest absolute Gasteiger partial charge is 0.336 e. The fourth-order valence-electron chi connectivity index (χ4n) is 0.818. The highest BCUT2D eigenvalue weighted by Gasteiger charge is 2.30. The van der Waals surface area contributed by atoms with E-state index >= 15 is 0 Å². The van der Waals surface area contributed by atoms with Gasteiger partial charge >= 0.3 is 0 Å². The maximum absolute atomic E-state index is 10.9. The summed E-state index contributed by atoms with van der Waals surface area (Å²) in [7, 11) is 0. The second kappa shape index (κ2) is 3.52. The van der Waals surface area contributed by atoms with E-state index in [4.69, 9.17) is 0 Å². The molecule has 5 heteroatoms. The van der Waals surface area contributed by atoms with Crippen LogP contribution in [-0.2, 0) is 9.59 Å². The Bertz CT molecular complexity index is 204. The van der Waals surface area contributed by atoms with Gasteiger partial charge in [-0.2, -0.15) is 0 Å². The van der Waals surface area contributed by atoms with Crippen LogP contribution in [0.5, 0.6) is 0 Å². The molecule has 0 bridgehead atoms. The molecule has 4 nitrogen and oxygen atoms in total. The van der Waals surface area contributed by atoms with Gasteiger partial charge in [-0.15, -0.1) is 0 Å². The van der Waals surface area contributed by atoms with Crippen LogP contribution in [0, 0.1) is 0 Å². The fourth-order valence-corrected chi connectivity index (χ4v) is 1.52. The summed E-state index contributed by atoms with van der Waals surface area (Å²) in [6, 6.07) is -0.447. The molecule has 0 aliphatic carbocycles. The molecular weight excluding hydrogens is 166 g/mol. The highest BCUT2D eigenvalue weighted by atomic mass is 32.2. The molecule has 1 N–H and O–H groups in total. The summed E-state index contributed by atoms with van der Waals surface area (Å²) < 4.78 is 0. The van der Waals surface area contributed by atoms with Gasteiger partial charge < -0.3 is 10.1 Å². The van der Waals surface area contributed by atoms with Crippen molar-refractivity contribution in [3.8, 4) is 0 Å². The average Bonchev–Trinajstić information content (AvgIpc) is 2.26. The van der Waals surface area contributed by atoms with E-state index in [2.05, 4.69) is 5.32 Å². The summed E-state index contributed by atoms with van der Waals surface area (Å²) in [5.41, 5.74) is 0. The van der Waals surface area contributed by atoms with E-state index in [1.54, 1.807) is 0 Å². The molecular formula is C6H7NO3S. The number of nitrogens with one attached hydrogen (secondary N) is 1. The molecule has 11 heavy (non-hydrogen) atoms. The standard InChI is InChI=1S/C6H7NO3S/c8-3-1-2-4-5(9)11-6(10)7-4/h3-4H,1-2H2,(H,7,10). The van der Waals surface area contributed by atoms with Crippen LogP contribution in [0.15, 0.2) is 0 Å². The smallest absolute Gasteiger partial charge is 0.287 e. The first kappa shape index (κ1) is 8.26. The molecule has 0 aromatic carbocycles. The maximum Gasteiger partial charge on any atom is 0.287 e. The monoisotopic (exact) mass is 173 g/mol. The van der Waals surface area contributed by atoms with Crippen LogP contribution in [0.25, 0.3) is 0 Å². The van der Waals surface area contributed by atoms with Gasteiger partial charge in [-0.05, 0) is 6.42 Å². The minimum absolute atomic E-state index is 0.183. The lowest BCUT2D eigenvalue weighted by Crippen LogP contribution is -2.28. The Hall–Kier alpha value is -0.840. The Balaban J connectivity index is 2.40. The van der Waals surface area contributed by atoms with Crippen molar-refractivity contribution in [1.29, 1.82) is 0 Å². The first-order chi connectivity index (χ1) is 5.24. The van der Waals surface area contributed by atoms with E-state index in [1.807, 2.05) is 0 Å². The van der Waals surface area contributed by atoms with E-state index in [0.717, 1.165) is 6.29 Å². The maximum atomic E-state index is 10.9. The van der Waals surface area contributed by atoms with E-state index in [0.29, 0.717) is 24.6 Å². The molecule has 1 unspecified atom stereocenters. The summed E-state index contributed by atoms with van der Waals surface area (Å²) >= 11 is 0.674. The number of carbonyl (C=O) groups is 3. The quantitative estimate of drug-likeness (QED) is 0.624. The van der Waals surface area contributed by atoms with Gasteiger partial charge in [-0.3, -0.25) is 9.59 Å². The lowest BCUT2D eigenvalue weighted by Gasteiger charge is -2.02. The molecule has 0 aromatic heterocycles. The van der Waals surface area contributed by atoms with Crippen LogP contribution in [0.4, 0.5) is 4.79 Å². The van der Waals surface area contributed by atoms with Crippen LogP contribution in [0.3, 0.4) is 0 Å². The van der Waals surface area contributed by atoms with Gasteiger partial charge in [0, 0.05) is 18.2 Å². The third-order valence-electron chi connectivity index (χ3n) is 1.34. The molecule has 0 saturated carbocycles. The Labute approximate surface area is 67.7 Å². The number of carbonyl (C=O) groups excluding carboxylic acids is 3. The fraction of sp³-hybridized carbons (Fsp3) is 0.500. The minimum atomic E-state index is -0.447. The van der Waals surface area contributed by atoms with Crippen molar-refractivity contribution in [3.63, 3.8) is 0 Å². The van der Waals surface area contributed by atoms with Crippen LogP contribution >= 0.6 is 11.8 Å². The van der Waals surface area contributed by atoms with E-state index in [1.165, 1.54) is 0 Å². The first-order valence-corrected chi connectivity index (χ1v) is 4.01. The molecule has 1 aliphatic heterocycles. The Morgan fingerprint density at radius 2 is 2.27 bits per heavy atom. The second-order valence-electron chi connectivity index (χ2n) is 2.15. The molecule has 1 amide bonds. The predicted octanol–water partition coefficient (Wildman–Crippen LogP) is 0.317. The summed E-state index contributed by atoms with van der Waals surface area (Å²) in [5, 5.41) is 1.96. The van der Waals surface area contributed by atoms with E-state index in [-0.39, 0.29) is 10.4 Å². The van der Waals surface area contributed by atoms with Crippen LogP contribution in [0.2, 0.25) is 0 Å². The molecule has 1 saturated heterocycles. The third kappa shape index (κ3) is 2.04. The summed E-state index contributed by atoms with van der Waals surface area (Å²) in [6.07, 6.45) is 1.47. The highest BCUT2D eigenvalue weighted by Crippen LogP contribution is 2.17. The number of aldehydes is 1. The topological polar surface area (TPSA) is 63.2 Å². The van der Waals surface area contributed by atoms with Crippen LogP contribution in [0.1, 0.15) is 12.8 Å². The zero-order chi connectivity index (χ0) is 8.27. The average molecular weight is 173 g/mol. The summed E-state index contributed by atoms with van der Waals surface area (Å²) in [6.45, 7) is 0. The van der Waals surface area contributed by atoms with Gasteiger partial charge in [0.2, 0.25) is 5.12 Å². The molecule has 1 fully saturated rings. The Morgan fingerprint density at radius 1 is 1.55 bits per heavy atom. The molecule has 1 rings (SSSR count). The lowest BCUT2D eigenvalue weighted by atomic mass is 10.2. The van der Waals surface area contributed by atoms with Gasteiger partial charge in [-0.1, -0.05) is 0 Å². The van der Waals surface area contributed by atoms with Crippen molar-refractivity contribution in [2.75, 3.05) is 0 Å². The molecule has 0 aromatic rings. The number of hydrogen-bond donors (Lipinski definition) is 1. The normalized spacial score (nSPS) is 23.5. The first-order valence-electron chi connectivity index (χ1n) is 3.20. The second-order valence-corrected chi connectivity index (χ2v) is 3.13. The van der Waals surface area contributed by atoms with Crippen molar-refractivity contribution in [2.24, 2.45) is 0 Å². The summed E-state index contributed by atoms with van der Waals surface area (Å²) in [5.74, 6) is 0. The van der Waals surface area contributed by atoms with E-state index < -0.39 is 6.04 Å². The minimum Gasteiger partial charge on any atom is -0.336 e. The van der Waals surface area contributed by atoms with Crippen molar-refractivity contribution in [1.82, 2.24) is 5.32 Å². The zero-order valence-electron chi connectivity index (χ0n) is 5.70. The highest BCUT2D eigenvalue weighted by molar-refractivity contribution is 8.26.